The number of aliphatic imine (C=N–C) groups is 1. The summed E-state index contributed by atoms with van der Waals surface area (Å²) in [6, 6.07) is 10.3. The molecule has 2 aromatic carbocycles. The fraction of sp³-hybridized carbons (Fsp3) is 0.318. The predicted octanol–water partition coefficient (Wildman–Crippen LogP) is 2.41. The van der Waals surface area contributed by atoms with E-state index < -0.39 is 11.6 Å². The first-order valence-electron chi connectivity index (χ1n) is 10.1. The minimum absolute atomic E-state index is 0. The zero-order valence-electron chi connectivity index (χ0n) is 17.7. The van der Waals surface area contributed by atoms with Crippen LogP contribution in [0.4, 0.5) is 8.78 Å². The molecule has 0 aliphatic carbocycles. The Balaban J connectivity index is 0.00000363. The highest BCUT2D eigenvalue weighted by molar-refractivity contribution is 14.0. The van der Waals surface area contributed by atoms with Crippen LogP contribution in [0.2, 0.25) is 0 Å². The largest absolute Gasteiger partial charge is 0.357 e. The van der Waals surface area contributed by atoms with Crippen molar-refractivity contribution >= 4 is 41.8 Å². The van der Waals surface area contributed by atoms with Crippen LogP contribution in [0.15, 0.2) is 47.5 Å². The van der Waals surface area contributed by atoms with Gasteiger partial charge in [0.05, 0.1) is 13.1 Å². The molecular formula is C22H26F2IN5O2. The highest BCUT2D eigenvalue weighted by atomic mass is 127. The molecular weight excluding hydrogens is 531 g/mol. The van der Waals surface area contributed by atoms with Crippen molar-refractivity contribution in [1.29, 1.82) is 0 Å². The first kappa shape index (κ1) is 25.5. The molecule has 3 rings (SSSR count). The first-order chi connectivity index (χ1) is 15.0. The second kappa shape index (κ2) is 12.3. The maximum Gasteiger partial charge on any atom is 0.254 e. The average Bonchev–Trinajstić information content (AvgIpc) is 2.77. The Kier molecular flexibility index (Phi) is 9.82. The van der Waals surface area contributed by atoms with Crippen molar-refractivity contribution in [1.82, 2.24) is 20.9 Å². The van der Waals surface area contributed by atoms with Gasteiger partial charge in [-0.15, -0.1) is 24.0 Å². The van der Waals surface area contributed by atoms with E-state index in [0.717, 1.165) is 23.8 Å². The average molecular weight is 557 g/mol. The molecule has 1 aliphatic rings. The lowest BCUT2D eigenvalue weighted by atomic mass is 10.1. The Bertz CT molecular complexity index is 969. The van der Waals surface area contributed by atoms with Gasteiger partial charge in [-0.1, -0.05) is 12.1 Å². The van der Waals surface area contributed by atoms with Gasteiger partial charge in [0.15, 0.2) is 5.96 Å². The molecule has 1 heterocycles. The van der Waals surface area contributed by atoms with E-state index in [-0.39, 0.29) is 54.4 Å². The van der Waals surface area contributed by atoms with Crippen LogP contribution >= 0.6 is 24.0 Å². The van der Waals surface area contributed by atoms with Crippen molar-refractivity contribution in [2.75, 3.05) is 26.2 Å². The number of nitrogens with one attached hydrogen (secondary N) is 3. The molecule has 172 valence electrons. The molecule has 10 heteroatoms. The predicted molar refractivity (Wildman–Crippen MR) is 129 cm³/mol. The number of rotatable bonds is 6. The maximum absolute atomic E-state index is 13.8. The normalized spacial score (nSPS) is 13.8. The number of halogens is 3. The van der Waals surface area contributed by atoms with E-state index in [0.29, 0.717) is 37.7 Å². The van der Waals surface area contributed by atoms with E-state index in [1.54, 1.807) is 24.3 Å². The Morgan fingerprint density at radius 1 is 1.16 bits per heavy atom. The topological polar surface area (TPSA) is 85.8 Å². The molecule has 7 nitrogen and oxygen atoms in total. The number of piperazine rings is 1. The number of amides is 2. The van der Waals surface area contributed by atoms with Gasteiger partial charge >= 0.3 is 0 Å². The fourth-order valence-electron chi connectivity index (χ4n) is 3.12. The van der Waals surface area contributed by atoms with Crippen molar-refractivity contribution in [3.05, 3.63) is 70.8 Å². The summed E-state index contributed by atoms with van der Waals surface area (Å²) in [7, 11) is 0. The summed E-state index contributed by atoms with van der Waals surface area (Å²) < 4.78 is 27.1. The van der Waals surface area contributed by atoms with Gasteiger partial charge in [-0.25, -0.2) is 13.8 Å². The van der Waals surface area contributed by atoms with Gasteiger partial charge in [0, 0.05) is 37.3 Å². The molecule has 3 N–H and O–H groups in total. The lowest BCUT2D eigenvalue weighted by Gasteiger charge is -2.26. The molecule has 32 heavy (non-hydrogen) atoms. The number of guanidine groups is 1. The summed E-state index contributed by atoms with van der Waals surface area (Å²) in [6.45, 7) is 3.94. The van der Waals surface area contributed by atoms with Gasteiger partial charge in [-0.2, -0.15) is 0 Å². The second-order valence-electron chi connectivity index (χ2n) is 7.06. The van der Waals surface area contributed by atoms with Crippen LogP contribution in [0.1, 0.15) is 28.4 Å². The zero-order valence-corrected chi connectivity index (χ0v) is 20.0. The van der Waals surface area contributed by atoms with Crippen molar-refractivity contribution < 1.29 is 18.4 Å². The highest BCUT2D eigenvalue weighted by Gasteiger charge is 2.22. The van der Waals surface area contributed by atoms with Gasteiger partial charge < -0.3 is 20.9 Å². The van der Waals surface area contributed by atoms with Crippen LogP contribution in [0.5, 0.6) is 0 Å². The second-order valence-corrected chi connectivity index (χ2v) is 7.06. The summed E-state index contributed by atoms with van der Waals surface area (Å²) >= 11 is 0. The fourth-order valence-corrected chi connectivity index (χ4v) is 3.12. The molecule has 0 aromatic heterocycles. The number of hydrogen-bond acceptors (Lipinski definition) is 3. The number of carbonyl (C=O) groups is 2. The third-order valence-electron chi connectivity index (χ3n) is 4.74. The van der Waals surface area contributed by atoms with E-state index in [9.17, 15) is 18.4 Å². The first-order valence-corrected chi connectivity index (χ1v) is 10.1. The Morgan fingerprint density at radius 3 is 2.59 bits per heavy atom. The van der Waals surface area contributed by atoms with E-state index in [1.807, 2.05) is 6.92 Å². The van der Waals surface area contributed by atoms with Crippen LogP contribution in [-0.2, 0) is 17.9 Å². The molecule has 0 spiro atoms. The smallest absolute Gasteiger partial charge is 0.254 e. The molecule has 1 saturated heterocycles. The molecule has 0 saturated carbocycles. The third-order valence-corrected chi connectivity index (χ3v) is 4.74. The Morgan fingerprint density at radius 2 is 1.91 bits per heavy atom. The van der Waals surface area contributed by atoms with Crippen molar-refractivity contribution in [2.24, 2.45) is 4.99 Å². The molecule has 1 aliphatic heterocycles. The Labute approximate surface area is 202 Å². The maximum atomic E-state index is 13.8. The monoisotopic (exact) mass is 557 g/mol. The van der Waals surface area contributed by atoms with Crippen molar-refractivity contribution in [3.8, 4) is 0 Å². The number of carbonyl (C=O) groups excluding carboxylic acids is 2. The standard InChI is InChI=1S/C22H25F2N5O2.HI/c1-2-25-22(28-13-17-11-18(23)7-8-19(17)24)27-12-15-3-5-16(6-4-15)21(31)29-10-9-26-20(30)14-29;/h3-8,11H,2,9-10,12-14H2,1H3,(H,26,30)(H2,25,27,28);1H. The summed E-state index contributed by atoms with van der Waals surface area (Å²) in [6.07, 6.45) is 0. The lowest BCUT2D eigenvalue weighted by molar-refractivity contribution is -0.123. The molecule has 0 unspecified atom stereocenters. The van der Waals surface area contributed by atoms with Gasteiger partial charge in [0.2, 0.25) is 5.91 Å². The van der Waals surface area contributed by atoms with Crippen molar-refractivity contribution in [2.45, 2.75) is 20.0 Å². The minimum atomic E-state index is -0.500. The minimum Gasteiger partial charge on any atom is -0.357 e. The van der Waals surface area contributed by atoms with E-state index in [1.165, 1.54) is 4.90 Å². The summed E-state index contributed by atoms with van der Waals surface area (Å²) in [5.74, 6) is -0.869. The van der Waals surface area contributed by atoms with Gasteiger partial charge in [0.1, 0.15) is 11.6 Å². The zero-order chi connectivity index (χ0) is 22.2. The third kappa shape index (κ3) is 7.14. The van der Waals surface area contributed by atoms with Gasteiger partial charge in [-0.05, 0) is 42.8 Å². The van der Waals surface area contributed by atoms with Crippen LogP contribution in [0.25, 0.3) is 0 Å². The summed E-state index contributed by atoms with van der Waals surface area (Å²) in [5.41, 5.74) is 1.59. The SMILES string of the molecule is CCNC(=NCc1ccc(C(=O)N2CCNC(=O)C2)cc1)NCc1cc(F)ccc1F.I. The molecule has 0 radical (unpaired) electrons. The number of hydrogen-bond donors (Lipinski definition) is 3. The molecule has 1 fully saturated rings. The molecule has 2 aromatic rings. The van der Waals surface area contributed by atoms with Crippen LogP contribution in [0, 0.1) is 11.6 Å². The number of nitrogens with zero attached hydrogens (tertiary/aromatic N) is 2. The van der Waals surface area contributed by atoms with Crippen molar-refractivity contribution in [3.63, 3.8) is 0 Å². The Hall–Kier alpha value is -2.76. The molecule has 0 atom stereocenters. The van der Waals surface area contributed by atoms with E-state index in [2.05, 4.69) is 20.9 Å². The van der Waals surface area contributed by atoms with Gasteiger partial charge in [0.25, 0.3) is 5.91 Å². The summed E-state index contributed by atoms with van der Waals surface area (Å²) in [5, 5.41) is 8.74. The summed E-state index contributed by atoms with van der Waals surface area (Å²) in [4.78, 5) is 30.0. The van der Waals surface area contributed by atoms with Crippen LogP contribution < -0.4 is 16.0 Å². The highest BCUT2D eigenvalue weighted by Crippen LogP contribution is 2.11. The van der Waals surface area contributed by atoms with Gasteiger partial charge in [-0.3, -0.25) is 9.59 Å². The lowest BCUT2D eigenvalue weighted by Crippen LogP contribution is -2.49. The molecule has 2 amide bonds. The number of benzene rings is 2. The van der Waals surface area contributed by atoms with Crippen LogP contribution in [-0.4, -0.2) is 48.9 Å². The molecule has 0 bridgehead atoms. The van der Waals surface area contributed by atoms with E-state index >= 15 is 0 Å². The van der Waals surface area contributed by atoms with Crippen LogP contribution in [0.3, 0.4) is 0 Å². The quantitative estimate of drug-likeness (QED) is 0.290. The van der Waals surface area contributed by atoms with E-state index in [4.69, 9.17) is 0 Å².